The van der Waals surface area contributed by atoms with Crippen LogP contribution in [-0.4, -0.2) is 21.0 Å². The van der Waals surface area contributed by atoms with E-state index in [2.05, 4.69) is 34.2 Å². The Balaban J connectivity index is 0.000000383. The molecule has 0 fully saturated rings. The molecule has 4 rings (SSSR count). The number of carboxylic acid groups (broad SMARTS) is 1. The van der Waals surface area contributed by atoms with E-state index in [1.54, 1.807) is 0 Å². The summed E-state index contributed by atoms with van der Waals surface area (Å²) >= 11 is 0. The maximum absolute atomic E-state index is 9.00. The van der Waals surface area contributed by atoms with Crippen LogP contribution in [0.3, 0.4) is 0 Å². The average Bonchev–Trinajstić information content (AvgIpc) is 2.92. The van der Waals surface area contributed by atoms with E-state index in [1.165, 1.54) is 5.39 Å². The zero-order valence-electron chi connectivity index (χ0n) is 13.2. The molecule has 2 aromatic heterocycles. The Hall–Kier alpha value is -3.34. The number of rotatable bonds is 1. The third kappa shape index (κ3) is 3.05. The molecule has 0 saturated heterocycles. The minimum atomic E-state index is -0.833. The zero-order valence-corrected chi connectivity index (χ0v) is 13.2. The SMILES string of the molecule is CC(=O)O.Nc1cc2[nH]c3ccccc3c2c(-c2ccccc2)n1. The number of carboxylic acids is 1. The summed E-state index contributed by atoms with van der Waals surface area (Å²) in [7, 11) is 0. The summed E-state index contributed by atoms with van der Waals surface area (Å²) in [5.41, 5.74) is 10.1. The van der Waals surface area contributed by atoms with Crippen molar-refractivity contribution in [2.24, 2.45) is 0 Å². The number of anilines is 1. The Morgan fingerprint density at radius 1 is 1.04 bits per heavy atom. The lowest BCUT2D eigenvalue weighted by molar-refractivity contribution is -0.134. The standard InChI is InChI=1S/C17H13N3.C2H4O2/c18-15-10-14-16(12-8-4-5-9-13(12)19-14)17(20-15)11-6-2-1-3-7-11;1-2(3)4/h1-10,19H,(H2,18,20);1H3,(H,3,4). The Kier molecular flexibility index (Phi) is 4.16. The highest BCUT2D eigenvalue weighted by atomic mass is 16.4. The number of fused-ring (bicyclic) bond motifs is 3. The molecule has 5 nitrogen and oxygen atoms in total. The van der Waals surface area contributed by atoms with Gasteiger partial charge in [0, 0.05) is 34.8 Å². The van der Waals surface area contributed by atoms with Crippen molar-refractivity contribution in [2.75, 3.05) is 5.73 Å². The molecular weight excluding hydrogens is 302 g/mol. The second kappa shape index (κ2) is 6.42. The van der Waals surface area contributed by atoms with Gasteiger partial charge in [0.25, 0.3) is 5.97 Å². The largest absolute Gasteiger partial charge is 0.481 e. The van der Waals surface area contributed by atoms with Gasteiger partial charge in [0.05, 0.1) is 11.2 Å². The van der Waals surface area contributed by atoms with Crippen molar-refractivity contribution in [3.63, 3.8) is 0 Å². The molecule has 4 N–H and O–H groups in total. The number of nitrogens with two attached hydrogens (primary N) is 1. The molecule has 0 unspecified atom stereocenters. The summed E-state index contributed by atoms with van der Waals surface area (Å²) in [5.74, 6) is -0.303. The summed E-state index contributed by atoms with van der Waals surface area (Å²) < 4.78 is 0. The summed E-state index contributed by atoms with van der Waals surface area (Å²) in [4.78, 5) is 17.0. The number of aromatic nitrogens is 2. The molecule has 0 radical (unpaired) electrons. The van der Waals surface area contributed by atoms with Gasteiger partial charge in [0.1, 0.15) is 5.82 Å². The number of hydrogen-bond donors (Lipinski definition) is 3. The molecule has 2 aromatic carbocycles. The highest BCUT2D eigenvalue weighted by molar-refractivity contribution is 6.13. The average molecular weight is 319 g/mol. The third-order valence-electron chi connectivity index (χ3n) is 3.55. The van der Waals surface area contributed by atoms with Gasteiger partial charge in [-0.3, -0.25) is 4.79 Å². The Labute approximate surface area is 138 Å². The van der Waals surface area contributed by atoms with Gasteiger partial charge in [-0.05, 0) is 6.07 Å². The predicted octanol–water partition coefficient (Wildman–Crippen LogP) is 4.06. The Morgan fingerprint density at radius 2 is 1.67 bits per heavy atom. The van der Waals surface area contributed by atoms with E-state index < -0.39 is 5.97 Å². The first-order valence-corrected chi connectivity index (χ1v) is 7.48. The van der Waals surface area contributed by atoms with Crippen molar-refractivity contribution in [3.8, 4) is 11.3 Å². The fraction of sp³-hybridized carbons (Fsp3) is 0.0526. The minimum Gasteiger partial charge on any atom is -0.481 e. The molecule has 0 saturated carbocycles. The lowest BCUT2D eigenvalue weighted by Gasteiger charge is -2.05. The van der Waals surface area contributed by atoms with Crippen LogP contribution in [-0.2, 0) is 4.79 Å². The van der Waals surface area contributed by atoms with E-state index in [9.17, 15) is 0 Å². The first-order chi connectivity index (χ1) is 11.6. The van der Waals surface area contributed by atoms with Gasteiger partial charge in [-0.25, -0.2) is 4.98 Å². The van der Waals surface area contributed by atoms with Crippen molar-refractivity contribution < 1.29 is 9.90 Å². The smallest absolute Gasteiger partial charge is 0.300 e. The highest BCUT2D eigenvalue weighted by Gasteiger charge is 2.12. The molecule has 0 spiro atoms. The molecule has 0 aliphatic carbocycles. The second-order valence-electron chi connectivity index (χ2n) is 5.37. The first kappa shape index (κ1) is 15.6. The van der Waals surface area contributed by atoms with Gasteiger partial charge < -0.3 is 15.8 Å². The van der Waals surface area contributed by atoms with Crippen molar-refractivity contribution in [1.82, 2.24) is 9.97 Å². The predicted molar refractivity (Wildman–Crippen MR) is 96.8 cm³/mol. The molecule has 120 valence electrons. The van der Waals surface area contributed by atoms with Crippen molar-refractivity contribution in [2.45, 2.75) is 6.92 Å². The number of para-hydroxylation sites is 1. The highest BCUT2D eigenvalue weighted by Crippen LogP contribution is 2.34. The third-order valence-corrected chi connectivity index (χ3v) is 3.55. The zero-order chi connectivity index (χ0) is 17.1. The quantitative estimate of drug-likeness (QED) is 0.493. The number of aliphatic carboxylic acids is 1. The van der Waals surface area contributed by atoms with Crippen molar-refractivity contribution in [1.29, 1.82) is 0 Å². The summed E-state index contributed by atoms with van der Waals surface area (Å²) in [6.45, 7) is 1.08. The number of hydrogen-bond acceptors (Lipinski definition) is 3. The molecule has 4 aromatic rings. The van der Waals surface area contributed by atoms with Crippen molar-refractivity contribution >= 4 is 33.6 Å². The number of benzene rings is 2. The molecule has 24 heavy (non-hydrogen) atoms. The molecule has 0 atom stereocenters. The van der Waals surface area contributed by atoms with Crippen LogP contribution in [0.1, 0.15) is 6.92 Å². The number of nitrogens with one attached hydrogen (secondary N) is 1. The van der Waals surface area contributed by atoms with E-state index in [4.69, 9.17) is 15.6 Å². The fourth-order valence-corrected chi connectivity index (χ4v) is 2.70. The molecule has 2 heterocycles. The first-order valence-electron chi connectivity index (χ1n) is 7.48. The maximum Gasteiger partial charge on any atom is 0.300 e. The van der Waals surface area contributed by atoms with E-state index in [-0.39, 0.29) is 0 Å². The van der Waals surface area contributed by atoms with Crippen LogP contribution >= 0.6 is 0 Å². The van der Waals surface area contributed by atoms with Crippen LogP contribution in [0.5, 0.6) is 0 Å². The number of aromatic amines is 1. The fourth-order valence-electron chi connectivity index (χ4n) is 2.70. The van der Waals surface area contributed by atoms with Crippen molar-refractivity contribution in [3.05, 3.63) is 60.7 Å². The van der Waals surface area contributed by atoms with Crippen LogP contribution in [0.4, 0.5) is 5.82 Å². The number of H-pyrrole nitrogens is 1. The summed E-state index contributed by atoms with van der Waals surface area (Å²) in [6.07, 6.45) is 0. The van der Waals surface area contributed by atoms with Crippen LogP contribution in [0.15, 0.2) is 60.7 Å². The van der Waals surface area contributed by atoms with Crippen LogP contribution in [0.25, 0.3) is 33.1 Å². The van der Waals surface area contributed by atoms with Gasteiger partial charge in [0.2, 0.25) is 0 Å². The van der Waals surface area contributed by atoms with Gasteiger partial charge >= 0.3 is 0 Å². The molecule has 5 heteroatoms. The van der Waals surface area contributed by atoms with Crippen LogP contribution < -0.4 is 5.73 Å². The molecule has 0 bridgehead atoms. The van der Waals surface area contributed by atoms with Gasteiger partial charge in [-0.2, -0.15) is 0 Å². The molecule has 0 aliphatic heterocycles. The maximum atomic E-state index is 9.00. The van der Waals surface area contributed by atoms with Crippen LogP contribution in [0, 0.1) is 0 Å². The van der Waals surface area contributed by atoms with E-state index in [0.29, 0.717) is 5.82 Å². The number of pyridine rings is 1. The topological polar surface area (TPSA) is 92.0 Å². The van der Waals surface area contributed by atoms with E-state index in [1.807, 2.05) is 36.4 Å². The van der Waals surface area contributed by atoms with Gasteiger partial charge in [-0.15, -0.1) is 0 Å². The summed E-state index contributed by atoms with van der Waals surface area (Å²) in [6, 6.07) is 20.3. The van der Waals surface area contributed by atoms with Gasteiger partial charge in [-0.1, -0.05) is 48.5 Å². The van der Waals surface area contributed by atoms with Gasteiger partial charge in [0.15, 0.2) is 0 Å². The Bertz CT molecular complexity index is 1000. The van der Waals surface area contributed by atoms with E-state index in [0.717, 1.165) is 34.6 Å². The number of carbonyl (C=O) groups is 1. The lowest BCUT2D eigenvalue weighted by Crippen LogP contribution is -1.93. The normalized spacial score (nSPS) is 10.4. The lowest BCUT2D eigenvalue weighted by atomic mass is 10.1. The second-order valence-corrected chi connectivity index (χ2v) is 5.37. The minimum absolute atomic E-state index is 0.530. The molecule has 0 aliphatic rings. The molecule has 0 amide bonds. The number of nitrogen functional groups attached to an aromatic ring is 1. The summed E-state index contributed by atoms with van der Waals surface area (Å²) in [5, 5.41) is 9.72. The number of nitrogens with zero attached hydrogens (tertiary/aromatic N) is 1. The monoisotopic (exact) mass is 319 g/mol. The van der Waals surface area contributed by atoms with Crippen LogP contribution in [0.2, 0.25) is 0 Å². The Morgan fingerprint density at radius 3 is 2.38 bits per heavy atom. The molecular formula is C19H17N3O2. The van der Waals surface area contributed by atoms with E-state index >= 15 is 0 Å².